The summed E-state index contributed by atoms with van der Waals surface area (Å²) in [5, 5.41) is 0. The minimum atomic E-state index is -3.51. The molecule has 0 aliphatic carbocycles. The summed E-state index contributed by atoms with van der Waals surface area (Å²) in [7, 11) is -3.51. The molecule has 0 N–H and O–H groups in total. The van der Waals surface area contributed by atoms with Gasteiger partial charge in [0.1, 0.15) is 5.75 Å². The number of piperazine rings is 1. The molecule has 31 heavy (non-hydrogen) atoms. The summed E-state index contributed by atoms with van der Waals surface area (Å²) in [5.74, 6) is 0.806. The van der Waals surface area contributed by atoms with Crippen LogP contribution in [0.1, 0.15) is 26.7 Å². The van der Waals surface area contributed by atoms with Crippen LogP contribution in [0.25, 0.3) is 0 Å². The summed E-state index contributed by atoms with van der Waals surface area (Å²) in [6.45, 7) is 6.85. The van der Waals surface area contributed by atoms with Crippen molar-refractivity contribution in [3.63, 3.8) is 0 Å². The van der Waals surface area contributed by atoms with Crippen molar-refractivity contribution < 1.29 is 27.5 Å². The third-order valence-corrected chi connectivity index (χ3v) is 7.64. The Bertz CT molecular complexity index is 858. The smallest absolute Gasteiger partial charge is 0.409 e. The van der Waals surface area contributed by atoms with Crippen molar-refractivity contribution in [1.82, 2.24) is 14.1 Å². The van der Waals surface area contributed by atoms with E-state index in [2.05, 4.69) is 6.92 Å². The molecule has 9 nitrogen and oxygen atoms in total. The van der Waals surface area contributed by atoms with Crippen LogP contribution in [-0.4, -0.2) is 87.0 Å². The van der Waals surface area contributed by atoms with Crippen LogP contribution < -0.4 is 4.74 Å². The topological polar surface area (TPSA) is 96.5 Å². The van der Waals surface area contributed by atoms with Crippen molar-refractivity contribution in [2.75, 3.05) is 52.5 Å². The van der Waals surface area contributed by atoms with Crippen molar-refractivity contribution in [3.8, 4) is 5.75 Å². The minimum Gasteiger partial charge on any atom is -0.484 e. The third kappa shape index (κ3) is 5.88. The zero-order chi connectivity index (χ0) is 22.4. The normalized spacial score (nSPS) is 18.6. The van der Waals surface area contributed by atoms with Gasteiger partial charge in [-0.1, -0.05) is 6.92 Å². The second-order valence-corrected chi connectivity index (χ2v) is 9.85. The highest BCUT2D eigenvalue weighted by molar-refractivity contribution is 7.89. The second kappa shape index (κ2) is 10.3. The molecule has 0 spiro atoms. The van der Waals surface area contributed by atoms with Gasteiger partial charge in [-0.25, -0.2) is 13.2 Å². The maximum absolute atomic E-state index is 12.8. The summed E-state index contributed by atoms with van der Waals surface area (Å²) in [6.07, 6.45) is 1.38. The van der Waals surface area contributed by atoms with Gasteiger partial charge in [0.25, 0.3) is 5.91 Å². The number of sulfonamides is 1. The SMILES string of the molecule is CCOC(=O)N1CCN(C(=O)COc2ccc(S(=O)(=O)N3CCC(C)CC3)cc2)CC1. The molecule has 1 aromatic carbocycles. The van der Waals surface area contributed by atoms with Crippen LogP contribution in [0.3, 0.4) is 0 Å². The van der Waals surface area contributed by atoms with Crippen LogP contribution in [0.2, 0.25) is 0 Å². The molecule has 2 amide bonds. The van der Waals surface area contributed by atoms with E-state index in [4.69, 9.17) is 9.47 Å². The maximum atomic E-state index is 12.8. The van der Waals surface area contributed by atoms with Gasteiger partial charge in [-0.2, -0.15) is 4.31 Å². The first-order chi connectivity index (χ1) is 14.8. The molecule has 2 saturated heterocycles. The highest BCUT2D eigenvalue weighted by Gasteiger charge is 2.28. The van der Waals surface area contributed by atoms with E-state index in [0.717, 1.165) is 12.8 Å². The molecule has 0 unspecified atom stereocenters. The molecular formula is C21H31N3O6S. The Morgan fingerprint density at radius 3 is 2.13 bits per heavy atom. The fourth-order valence-electron chi connectivity index (χ4n) is 3.67. The van der Waals surface area contributed by atoms with Gasteiger partial charge in [0, 0.05) is 39.3 Å². The predicted octanol–water partition coefficient (Wildman–Crippen LogP) is 1.79. The van der Waals surface area contributed by atoms with Gasteiger partial charge >= 0.3 is 6.09 Å². The van der Waals surface area contributed by atoms with Crippen molar-refractivity contribution >= 4 is 22.0 Å². The molecule has 2 heterocycles. The minimum absolute atomic E-state index is 0.143. The quantitative estimate of drug-likeness (QED) is 0.652. The monoisotopic (exact) mass is 453 g/mol. The fraction of sp³-hybridized carbons (Fsp3) is 0.619. The van der Waals surface area contributed by atoms with Crippen LogP contribution in [0, 0.1) is 5.92 Å². The van der Waals surface area contributed by atoms with Gasteiger partial charge in [0.2, 0.25) is 10.0 Å². The number of hydrogen-bond acceptors (Lipinski definition) is 6. The summed E-state index contributed by atoms with van der Waals surface area (Å²) in [5.41, 5.74) is 0. The number of amides is 2. The standard InChI is InChI=1S/C21H31N3O6S/c1-3-29-21(26)23-14-12-22(13-15-23)20(25)16-30-18-4-6-19(7-5-18)31(27,28)24-10-8-17(2)9-11-24/h4-7,17H,3,8-16H2,1-2H3. The molecular weight excluding hydrogens is 422 g/mol. The first kappa shape index (κ1) is 23.3. The van der Waals surface area contributed by atoms with E-state index in [1.165, 1.54) is 16.4 Å². The predicted molar refractivity (Wildman–Crippen MR) is 114 cm³/mol. The van der Waals surface area contributed by atoms with Gasteiger partial charge in [0.15, 0.2) is 6.61 Å². The van der Waals surface area contributed by atoms with E-state index >= 15 is 0 Å². The van der Waals surface area contributed by atoms with E-state index in [1.54, 1.807) is 28.9 Å². The molecule has 10 heteroatoms. The number of nitrogens with zero attached hydrogens (tertiary/aromatic N) is 3. The van der Waals surface area contributed by atoms with Crippen molar-refractivity contribution in [2.24, 2.45) is 5.92 Å². The Morgan fingerprint density at radius 2 is 1.55 bits per heavy atom. The summed E-state index contributed by atoms with van der Waals surface area (Å²) in [4.78, 5) is 27.6. The first-order valence-corrected chi connectivity index (χ1v) is 12.2. The first-order valence-electron chi connectivity index (χ1n) is 10.7. The largest absolute Gasteiger partial charge is 0.484 e. The average molecular weight is 454 g/mol. The van der Waals surface area contributed by atoms with Crippen molar-refractivity contribution in [1.29, 1.82) is 0 Å². The summed E-state index contributed by atoms with van der Waals surface area (Å²) >= 11 is 0. The van der Waals surface area contributed by atoms with Crippen LogP contribution in [0.5, 0.6) is 5.75 Å². The number of ether oxygens (including phenoxy) is 2. The average Bonchev–Trinajstić information content (AvgIpc) is 2.78. The lowest BCUT2D eigenvalue weighted by Crippen LogP contribution is -2.51. The Labute approximate surface area is 183 Å². The van der Waals surface area contributed by atoms with E-state index in [-0.39, 0.29) is 23.5 Å². The highest BCUT2D eigenvalue weighted by Crippen LogP contribution is 2.24. The lowest BCUT2D eigenvalue weighted by molar-refractivity contribution is -0.134. The number of rotatable bonds is 6. The summed E-state index contributed by atoms with van der Waals surface area (Å²) in [6, 6.07) is 6.19. The molecule has 0 bridgehead atoms. The van der Waals surface area contributed by atoms with Crippen molar-refractivity contribution in [3.05, 3.63) is 24.3 Å². The maximum Gasteiger partial charge on any atom is 0.409 e. The van der Waals surface area contributed by atoms with Crippen LogP contribution >= 0.6 is 0 Å². The molecule has 0 atom stereocenters. The molecule has 0 aromatic heterocycles. The molecule has 2 fully saturated rings. The number of carbonyl (C=O) groups excluding carboxylic acids is 2. The number of carbonyl (C=O) groups is 2. The lowest BCUT2D eigenvalue weighted by atomic mass is 10.0. The van der Waals surface area contributed by atoms with Crippen LogP contribution in [0.4, 0.5) is 4.79 Å². The van der Waals surface area contributed by atoms with Gasteiger partial charge in [-0.05, 0) is 49.9 Å². The van der Waals surface area contributed by atoms with Gasteiger partial charge in [-0.15, -0.1) is 0 Å². The Morgan fingerprint density at radius 1 is 0.968 bits per heavy atom. The zero-order valence-corrected chi connectivity index (χ0v) is 19.0. The second-order valence-electron chi connectivity index (χ2n) is 7.91. The third-order valence-electron chi connectivity index (χ3n) is 5.72. The van der Waals surface area contributed by atoms with Crippen molar-refractivity contribution in [2.45, 2.75) is 31.6 Å². The molecule has 2 aliphatic rings. The lowest BCUT2D eigenvalue weighted by Gasteiger charge is -2.33. The zero-order valence-electron chi connectivity index (χ0n) is 18.2. The highest BCUT2D eigenvalue weighted by atomic mass is 32.2. The number of benzene rings is 1. The van der Waals surface area contributed by atoms with Gasteiger partial charge in [0.05, 0.1) is 11.5 Å². The molecule has 2 aliphatic heterocycles. The summed E-state index contributed by atoms with van der Waals surface area (Å²) < 4.78 is 37.6. The molecule has 172 valence electrons. The molecule has 0 saturated carbocycles. The Hall–Kier alpha value is -2.33. The van der Waals surface area contributed by atoms with E-state index in [1.807, 2.05) is 0 Å². The number of piperidine rings is 1. The van der Waals surface area contributed by atoms with E-state index in [0.29, 0.717) is 57.5 Å². The van der Waals surface area contributed by atoms with E-state index < -0.39 is 10.0 Å². The van der Waals surface area contributed by atoms with E-state index in [9.17, 15) is 18.0 Å². The van der Waals surface area contributed by atoms with Gasteiger partial charge in [-0.3, -0.25) is 4.79 Å². The molecule has 0 radical (unpaired) electrons. The van der Waals surface area contributed by atoms with Gasteiger partial charge < -0.3 is 19.3 Å². The fourth-order valence-corrected chi connectivity index (χ4v) is 5.14. The van der Waals surface area contributed by atoms with Crippen LogP contribution in [0.15, 0.2) is 29.2 Å². The Balaban J connectivity index is 1.48. The number of hydrogen-bond donors (Lipinski definition) is 0. The molecule has 3 rings (SSSR count). The molecule has 1 aromatic rings. The Kier molecular flexibility index (Phi) is 7.77. The van der Waals surface area contributed by atoms with Crippen LogP contribution in [-0.2, 0) is 19.6 Å².